The van der Waals surface area contributed by atoms with Crippen molar-refractivity contribution in [3.05, 3.63) is 306 Å². The van der Waals surface area contributed by atoms with E-state index in [-0.39, 0.29) is 0 Å². The molecule has 15 aromatic rings. The van der Waals surface area contributed by atoms with Gasteiger partial charge in [0.2, 0.25) is 0 Å². The van der Waals surface area contributed by atoms with Crippen molar-refractivity contribution >= 4 is 117 Å². The molecular weight excluding hydrogens is 1050 g/mol. The molecule has 0 spiro atoms. The zero-order chi connectivity index (χ0) is 54.2. The van der Waals surface area contributed by atoms with Crippen molar-refractivity contribution in [2.75, 3.05) is 0 Å². The van der Waals surface area contributed by atoms with Crippen molar-refractivity contribution in [1.82, 2.24) is 9.13 Å². The lowest BCUT2D eigenvalue weighted by Gasteiger charge is -2.12. The summed E-state index contributed by atoms with van der Waals surface area (Å²) in [5.41, 5.74) is 15.3. The normalized spacial score (nSPS) is 11.6. The molecule has 1 aliphatic rings. The van der Waals surface area contributed by atoms with Gasteiger partial charge in [-0.1, -0.05) is 206 Å². The molecule has 5 heteroatoms. The van der Waals surface area contributed by atoms with Crippen LogP contribution in [0.5, 0.6) is 0 Å². The third-order valence-corrected chi connectivity index (χ3v) is 16.4. The summed E-state index contributed by atoms with van der Waals surface area (Å²) in [5, 5.41) is 24.3. The fourth-order valence-electron chi connectivity index (χ4n) is 11.8. The zero-order valence-corrected chi connectivity index (χ0v) is 45.7. The Labute approximate surface area is 479 Å². The number of fused-ring (bicyclic) bond motifs is 12. The zero-order valence-electron chi connectivity index (χ0n) is 44.1. The number of benzene rings is 13. The van der Waals surface area contributed by atoms with Gasteiger partial charge < -0.3 is 14.2 Å². The summed E-state index contributed by atoms with van der Waals surface area (Å²) >= 11 is 3.60. The SMILES string of the molecule is Brc1cc2c(c3ccccc13)=CC=C[C+]=2.O[B]c1ccc(-c2ccc3c(c2)c2ccccc2n3-c2ccccc2)cc1.c1ccc(-n2c3ccccc3c3cc(-c4ccc(-c5cc6ccccc6c6ccccc56)cc4)ccc32)cc1. The van der Waals surface area contributed by atoms with E-state index in [2.05, 4.69) is 286 Å². The first-order valence-corrected chi connectivity index (χ1v) is 28.1. The van der Waals surface area contributed by atoms with Gasteiger partial charge in [0.25, 0.3) is 0 Å². The van der Waals surface area contributed by atoms with Crippen LogP contribution < -0.4 is 15.9 Å². The van der Waals surface area contributed by atoms with Crippen LogP contribution >= 0.6 is 15.9 Å². The molecule has 0 unspecified atom stereocenters. The molecule has 0 saturated heterocycles. The number of rotatable bonds is 6. The summed E-state index contributed by atoms with van der Waals surface area (Å²) in [4.78, 5) is 0. The van der Waals surface area contributed by atoms with E-state index in [4.69, 9.17) is 5.02 Å². The van der Waals surface area contributed by atoms with Gasteiger partial charge in [-0.25, -0.2) is 0 Å². The lowest BCUT2D eigenvalue weighted by molar-refractivity contribution is 0.615. The highest BCUT2D eigenvalue weighted by atomic mass is 79.9. The van der Waals surface area contributed by atoms with E-state index < -0.39 is 0 Å². The fourth-order valence-corrected chi connectivity index (χ4v) is 12.4. The van der Waals surface area contributed by atoms with Crippen molar-refractivity contribution < 1.29 is 5.02 Å². The molecule has 379 valence electrons. The predicted molar refractivity (Wildman–Crippen MR) is 348 cm³/mol. The van der Waals surface area contributed by atoms with Gasteiger partial charge in [0.1, 0.15) is 0 Å². The van der Waals surface area contributed by atoms with Crippen molar-refractivity contribution in [2.24, 2.45) is 0 Å². The van der Waals surface area contributed by atoms with E-state index in [1.54, 1.807) is 0 Å². The first kappa shape index (κ1) is 49.4. The molecule has 0 fully saturated rings. The Bertz CT molecular complexity index is 5020. The minimum Gasteiger partial charge on any atom is -0.450 e. The molecule has 1 aliphatic carbocycles. The van der Waals surface area contributed by atoms with Crippen LogP contribution in [0.1, 0.15) is 0 Å². The van der Waals surface area contributed by atoms with Crippen LogP contribution in [0.4, 0.5) is 0 Å². The van der Waals surface area contributed by atoms with Crippen LogP contribution in [0.2, 0.25) is 0 Å². The minimum atomic E-state index is 0.806. The second kappa shape index (κ2) is 21.4. The van der Waals surface area contributed by atoms with Gasteiger partial charge in [0.05, 0.1) is 37.8 Å². The fraction of sp³-hybridized carbons (Fsp3) is 0. The Morgan fingerprint density at radius 2 is 0.790 bits per heavy atom. The molecule has 1 radical (unpaired) electrons. The van der Waals surface area contributed by atoms with Crippen LogP contribution in [0, 0.1) is 0 Å². The molecule has 0 aliphatic heterocycles. The van der Waals surface area contributed by atoms with E-state index in [1.165, 1.54) is 120 Å². The third kappa shape index (κ3) is 9.20. The highest BCUT2D eigenvalue weighted by Gasteiger charge is 2.16. The summed E-state index contributed by atoms with van der Waals surface area (Å²) in [6.07, 6.45) is 9.37. The summed E-state index contributed by atoms with van der Waals surface area (Å²) in [6, 6.07) is 99.1. The van der Waals surface area contributed by atoms with Crippen LogP contribution in [0.3, 0.4) is 0 Å². The Morgan fingerprint density at radius 1 is 0.346 bits per heavy atom. The molecule has 0 atom stereocenters. The summed E-state index contributed by atoms with van der Waals surface area (Å²) < 4.78 is 5.81. The van der Waals surface area contributed by atoms with Gasteiger partial charge in [-0.15, -0.1) is 0 Å². The van der Waals surface area contributed by atoms with Crippen molar-refractivity contribution in [2.45, 2.75) is 0 Å². The molecule has 2 heterocycles. The molecular formula is C76H50BBrN2O+. The van der Waals surface area contributed by atoms with Gasteiger partial charge in [-0.3, -0.25) is 0 Å². The van der Waals surface area contributed by atoms with Gasteiger partial charge in [0, 0.05) is 68.0 Å². The molecule has 0 saturated carbocycles. The standard InChI is InChI=1S/C38H25N.C24H17BNO.C14H8Br/c1-2-11-30(12-3-1)39-37-17-9-8-16-34(37)36-24-28(22-23-38(36)39)26-18-20-27(21-19-26)35-25-29-10-4-5-13-31(29)32-14-6-7-15-33(32)35;27-25-19-13-10-17(11-14-19)18-12-15-24-22(16-18)21-8-4-5-9-23(21)26(24)20-6-2-1-3-7-20;15-14-9-10-5-1-2-6-11(10)12-7-3-4-8-13(12)14/h1-25H;1-16,27H;1-4,6-9H/q;;+1. The number of nitrogens with zero attached hydrogens (tertiary/aromatic N) is 2. The van der Waals surface area contributed by atoms with Gasteiger partial charge in [0.15, 0.2) is 5.22 Å². The average molecular weight is 1100 g/mol. The van der Waals surface area contributed by atoms with Gasteiger partial charge in [-0.2, -0.15) is 0 Å². The van der Waals surface area contributed by atoms with Gasteiger partial charge in [-0.05, 0) is 144 Å². The Balaban J connectivity index is 0.000000121. The lowest BCUT2D eigenvalue weighted by Crippen LogP contribution is -2.26. The van der Waals surface area contributed by atoms with E-state index in [0.29, 0.717) is 0 Å². The van der Waals surface area contributed by atoms with Crippen molar-refractivity contribution in [3.63, 3.8) is 0 Å². The van der Waals surface area contributed by atoms with Crippen LogP contribution in [-0.2, 0) is 0 Å². The molecule has 81 heavy (non-hydrogen) atoms. The maximum absolute atomic E-state index is 9.14. The number of para-hydroxylation sites is 4. The van der Waals surface area contributed by atoms with E-state index in [1.807, 2.05) is 42.5 Å². The number of aromatic nitrogens is 2. The maximum atomic E-state index is 9.14. The Kier molecular flexibility index (Phi) is 13.1. The number of hydrogen-bond donors (Lipinski definition) is 1. The molecule has 0 bridgehead atoms. The van der Waals surface area contributed by atoms with Crippen LogP contribution in [0.15, 0.2) is 296 Å². The smallest absolute Gasteiger partial charge is 0.326 e. The summed E-state index contributed by atoms with van der Waals surface area (Å²) in [7, 11) is 1.13. The van der Waals surface area contributed by atoms with Crippen molar-refractivity contribution in [3.8, 4) is 44.8 Å². The molecule has 0 amide bonds. The maximum Gasteiger partial charge on any atom is 0.326 e. The van der Waals surface area contributed by atoms with E-state index in [9.17, 15) is 0 Å². The second-order valence-corrected chi connectivity index (χ2v) is 21.2. The quantitative estimate of drug-likeness (QED) is 0.100. The Morgan fingerprint density at radius 3 is 1.37 bits per heavy atom. The number of allylic oxidation sites excluding steroid dienone is 2. The lowest BCUT2D eigenvalue weighted by atomic mass is 9.87. The Hall–Kier alpha value is -9.87. The first-order chi connectivity index (χ1) is 40.1. The van der Waals surface area contributed by atoms with E-state index >= 15 is 0 Å². The highest BCUT2D eigenvalue weighted by molar-refractivity contribution is 9.10. The topological polar surface area (TPSA) is 30.1 Å². The van der Waals surface area contributed by atoms with Crippen molar-refractivity contribution in [1.29, 1.82) is 0 Å². The van der Waals surface area contributed by atoms with Crippen LogP contribution in [-0.4, -0.2) is 21.6 Å². The molecule has 2 aromatic heterocycles. The molecule has 1 N–H and O–H groups in total. The summed E-state index contributed by atoms with van der Waals surface area (Å²) in [6.45, 7) is 0. The third-order valence-electron chi connectivity index (χ3n) is 15.7. The average Bonchev–Trinajstić information content (AvgIpc) is 4.15. The van der Waals surface area contributed by atoms with E-state index in [0.717, 1.165) is 28.2 Å². The highest BCUT2D eigenvalue weighted by Crippen LogP contribution is 2.39. The van der Waals surface area contributed by atoms with Gasteiger partial charge >= 0.3 is 7.48 Å². The second-order valence-electron chi connectivity index (χ2n) is 20.4. The molecule has 13 aromatic carbocycles. The molecule has 16 rings (SSSR count). The summed E-state index contributed by atoms with van der Waals surface area (Å²) in [5.74, 6) is 0. The number of hydrogen-bond acceptors (Lipinski definition) is 1. The van der Waals surface area contributed by atoms with Crippen LogP contribution in [0.25, 0.3) is 133 Å². The minimum absolute atomic E-state index is 0.806. The number of halogens is 1. The monoisotopic (exact) mass is 1100 g/mol. The predicted octanol–water partition coefficient (Wildman–Crippen LogP) is 17.7. The largest absolute Gasteiger partial charge is 0.450 e. The molecule has 3 nitrogen and oxygen atoms in total. The first-order valence-electron chi connectivity index (χ1n) is 27.3.